The summed E-state index contributed by atoms with van der Waals surface area (Å²) in [5, 5.41) is 0.485. The molecule has 0 fully saturated rings. The number of hydrogen-bond donors (Lipinski definition) is 2. The highest BCUT2D eigenvalue weighted by Crippen LogP contribution is 2.33. The number of rotatable bonds is 2. The van der Waals surface area contributed by atoms with Crippen molar-refractivity contribution in [2.75, 3.05) is 18.6 Å². The number of nitrogens with two attached hydrogens (primary N) is 2. The van der Waals surface area contributed by atoms with Gasteiger partial charge >= 0.3 is 0 Å². The van der Waals surface area contributed by atoms with Crippen LogP contribution in [0.1, 0.15) is 0 Å². The Morgan fingerprint density at radius 2 is 1.87 bits per heavy atom. The maximum absolute atomic E-state index is 5.73. The minimum Gasteiger partial charge on any atom is -0.497 e. The van der Waals surface area contributed by atoms with E-state index in [0.29, 0.717) is 10.9 Å². The van der Waals surface area contributed by atoms with E-state index in [4.69, 9.17) is 16.2 Å². The summed E-state index contributed by atoms with van der Waals surface area (Å²) < 4.78 is 5.07. The lowest BCUT2D eigenvalue weighted by Gasteiger charge is -2.01. The van der Waals surface area contributed by atoms with Crippen molar-refractivity contribution < 1.29 is 4.74 Å². The highest BCUT2D eigenvalue weighted by atomic mass is 32.1. The van der Waals surface area contributed by atoms with Gasteiger partial charge in [-0.05, 0) is 29.8 Å². The molecule has 1 heterocycles. The summed E-state index contributed by atoms with van der Waals surface area (Å²) in [7, 11) is 1.63. The average molecular weight is 221 g/mol. The zero-order valence-corrected chi connectivity index (χ0v) is 9.04. The third kappa shape index (κ3) is 1.87. The molecule has 0 aliphatic heterocycles. The summed E-state index contributed by atoms with van der Waals surface area (Å²) in [6.45, 7) is 0. The van der Waals surface area contributed by atoms with Gasteiger partial charge in [0.05, 0.1) is 12.0 Å². The fraction of sp³-hybridized carbons (Fsp3) is 0.100. The molecule has 2 aromatic rings. The third-order valence-corrected chi connectivity index (χ3v) is 2.97. The third-order valence-electron chi connectivity index (χ3n) is 2.02. The Morgan fingerprint density at radius 1 is 1.20 bits per heavy atom. The van der Waals surface area contributed by atoms with Gasteiger partial charge in [-0.2, -0.15) is 0 Å². The molecule has 15 heavy (non-hydrogen) atoms. The van der Waals surface area contributed by atoms with E-state index in [-0.39, 0.29) is 0 Å². The van der Waals surface area contributed by atoms with Gasteiger partial charge in [-0.25, -0.2) is 4.98 Å². The van der Waals surface area contributed by atoms with Crippen LogP contribution in [-0.2, 0) is 0 Å². The number of aromatic nitrogens is 1. The van der Waals surface area contributed by atoms with Gasteiger partial charge in [0.25, 0.3) is 0 Å². The van der Waals surface area contributed by atoms with E-state index in [2.05, 4.69) is 4.98 Å². The molecule has 0 aliphatic carbocycles. The molecule has 0 aliphatic rings. The number of nitrogens with zero attached hydrogens (tertiary/aromatic N) is 1. The van der Waals surface area contributed by atoms with E-state index in [1.165, 1.54) is 11.3 Å². The number of ether oxygens (including phenoxy) is 1. The highest BCUT2D eigenvalue weighted by molar-refractivity contribution is 7.19. The molecule has 0 spiro atoms. The molecule has 1 aromatic heterocycles. The summed E-state index contributed by atoms with van der Waals surface area (Å²) in [6.07, 6.45) is 0. The second-order valence-electron chi connectivity index (χ2n) is 2.99. The lowest BCUT2D eigenvalue weighted by atomic mass is 10.2. The zero-order valence-electron chi connectivity index (χ0n) is 8.23. The summed E-state index contributed by atoms with van der Waals surface area (Å²) in [6, 6.07) is 7.62. The first-order valence-electron chi connectivity index (χ1n) is 4.37. The van der Waals surface area contributed by atoms with Gasteiger partial charge in [0.15, 0.2) is 5.13 Å². The van der Waals surface area contributed by atoms with Gasteiger partial charge in [-0.1, -0.05) is 11.3 Å². The van der Waals surface area contributed by atoms with Gasteiger partial charge < -0.3 is 16.2 Å². The van der Waals surface area contributed by atoms with Crippen LogP contribution in [0.15, 0.2) is 24.3 Å². The molecule has 0 bridgehead atoms. The largest absolute Gasteiger partial charge is 0.497 e. The molecule has 0 saturated carbocycles. The molecule has 1 aromatic carbocycles. The molecule has 2 rings (SSSR count). The van der Waals surface area contributed by atoms with Gasteiger partial charge in [0.2, 0.25) is 0 Å². The molecule has 4 N–H and O–H groups in total. The predicted octanol–water partition coefficient (Wildman–Crippen LogP) is 1.98. The fourth-order valence-electron chi connectivity index (χ4n) is 1.30. The van der Waals surface area contributed by atoms with Crippen molar-refractivity contribution in [3.63, 3.8) is 0 Å². The van der Waals surface area contributed by atoms with Crippen molar-refractivity contribution in [1.82, 2.24) is 4.98 Å². The van der Waals surface area contributed by atoms with Crippen molar-refractivity contribution >= 4 is 22.3 Å². The minimum absolute atomic E-state index is 0.475. The van der Waals surface area contributed by atoms with E-state index in [1.807, 2.05) is 24.3 Å². The molecular weight excluding hydrogens is 210 g/mol. The smallest absolute Gasteiger partial charge is 0.182 e. The van der Waals surface area contributed by atoms with Gasteiger partial charge in [-0.15, -0.1) is 0 Å². The van der Waals surface area contributed by atoms with Crippen LogP contribution in [0.3, 0.4) is 0 Å². The number of methoxy groups -OCH3 is 1. The van der Waals surface area contributed by atoms with Crippen LogP contribution >= 0.6 is 11.3 Å². The fourth-order valence-corrected chi connectivity index (χ4v) is 2.06. The molecule has 0 unspecified atom stereocenters. The summed E-state index contributed by atoms with van der Waals surface area (Å²) in [4.78, 5) is 4.87. The number of hydrogen-bond acceptors (Lipinski definition) is 5. The Balaban J connectivity index is 2.41. The second-order valence-corrected chi connectivity index (χ2v) is 4.03. The maximum Gasteiger partial charge on any atom is 0.182 e. The molecule has 0 radical (unpaired) electrons. The predicted molar refractivity (Wildman–Crippen MR) is 62.9 cm³/mol. The molecule has 5 heteroatoms. The number of nitrogen functional groups attached to an aromatic ring is 2. The molecule has 0 saturated heterocycles. The Bertz CT molecular complexity index is 464. The molecule has 78 valence electrons. The lowest BCUT2D eigenvalue weighted by molar-refractivity contribution is 0.415. The van der Waals surface area contributed by atoms with Crippen molar-refractivity contribution in [2.24, 2.45) is 0 Å². The molecule has 4 nitrogen and oxygen atoms in total. The van der Waals surface area contributed by atoms with E-state index in [0.717, 1.165) is 16.2 Å². The SMILES string of the molecule is COc1ccc(-c2sc(N)nc2N)cc1. The van der Waals surface area contributed by atoms with Crippen LogP contribution in [-0.4, -0.2) is 12.1 Å². The van der Waals surface area contributed by atoms with Crippen LogP contribution in [0.2, 0.25) is 0 Å². The van der Waals surface area contributed by atoms with Crippen LogP contribution in [0.4, 0.5) is 10.9 Å². The summed E-state index contributed by atoms with van der Waals surface area (Å²) >= 11 is 1.38. The van der Waals surface area contributed by atoms with E-state index in [1.54, 1.807) is 7.11 Å². The highest BCUT2D eigenvalue weighted by Gasteiger charge is 2.08. The van der Waals surface area contributed by atoms with Crippen LogP contribution < -0.4 is 16.2 Å². The van der Waals surface area contributed by atoms with Crippen LogP contribution in [0.5, 0.6) is 5.75 Å². The summed E-state index contributed by atoms with van der Waals surface area (Å²) in [5.41, 5.74) is 12.3. The quantitative estimate of drug-likeness (QED) is 0.813. The molecule has 0 atom stereocenters. The Morgan fingerprint density at radius 3 is 2.33 bits per heavy atom. The first kappa shape index (κ1) is 9.79. The van der Waals surface area contributed by atoms with Crippen molar-refractivity contribution in [3.8, 4) is 16.2 Å². The normalized spacial score (nSPS) is 10.2. The Hall–Kier alpha value is -1.75. The monoisotopic (exact) mass is 221 g/mol. The topological polar surface area (TPSA) is 74.2 Å². The number of anilines is 2. The van der Waals surface area contributed by atoms with Gasteiger partial charge in [0.1, 0.15) is 11.6 Å². The first-order chi connectivity index (χ1) is 7.20. The van der Waals surface area contributed by atoms with Crippen molar-refractivity contribution in [2.45, 2.75) is 0 Å². The average Bonchev–Trinajstić information content (AvgIpc) is 2.58. The van der Waals surface area contributed by atoms with Gasteiger partial charge in [-0.3, -0.25) is 0 Å². The molecular formula is C10H11N3OS. The lowest BCUT2D eigenvalue weighted by Crippen LogP contribution is -1.88. The Kier molecular flexibility index (Phi) is 2.47. The van der Waals surface area contributed by atoms with E-state index >= 15 is 0 Å². The van der Waals surface area contributed by atoms with Crippen LogP contribution in [0.25, 0.3) is 10.4 Å². The van der Waals surface area contributed by atoms with Crippen molar-refractivity contribution in [1.29, 1.82) is 0 Å². The number of thiazole rings is 1. The summed E-state index contributed by atoms with van der Waals surface area (Å²) in [5.74, 6) is 1.29. The van der Waals surface area contributed by atoms with E-state index in [9.17, 15) is 0 Å². The van der Waals surface area contributed by atoms with Crippen LogP contribution in [0, 0.1) is 0 Å². The van der Waals surface area contributed by atoms with E-state index < -0.39 is 0 Å². The number of benzene rings is 1. The maximum atomic E-state index is 5.73. The minimum atomic E-state index is 0.475. The molecule has 0 amide bonds. The van der Waals surface area contributed by atoms with Gasteiger partial charge in [0, 0.05) is 0 Å². The zero-order chi connectivity index (χ0) is 10.8. The Labute approximate surface area is 91.5 Å². The van der Waals surface area contributed by atoms with Crippen molar-refractivity contribution in [3.05, 3.63) is 24.3 Å². The second kappa shape index (κ2) is 3.78. The first-order valence-corrected chi connectivity index (χ1v) is 5.18. The standard InChI is InChI=1S/C10H11N3OS/c1-14-7-4-2-6(3-5-7)8-9(11)13-10(12)15-8/h2-5H,11H2,1H3,(H2,12,13).